The van der Waals surface area contributed by atoms with Crippen molar-refractivity contribution in [3.63, 3.8) is 0 Å². The van der Waals surface area contributed by atoms with Gasteiger partial charge in [-0.2, -0.15) is 0 Å². The van der Waals surface area contributed by atoms with E-state index in [0.29, 0.717) is 16.8 Å². The highest BCUT2D eigenvalue weighted by atomic mass is 35.5. The number of carbonyl (C=O) groups excluding carboxylic acids is 3. The van der Waals surface area contributed by atoms with Gasteiger partial charge in [-0.15, -0.1) is 0 Å². The van der Waals surface area contributed by atoms with Crippen molar-refractivity contribution in [2.24, 2.45) is 0 Å². The fourth-order valence-corrected chi connectivity index (χ4v) is 3.87. The van der Waals surface area contributed by atoms with E-state index >= 15 is 0 Å². The Morgan fingerprint density at radius 2 is 1.68 bits per heavy atom. The van der Waals surface area contributed by atoms with Gasteiger partial charge in [0.25, 0.3) is 11.8 Å². The van der Waals surface area contributed by atoms with Gasteiger partial charge in [0.05, 0.1) is 18.2 Å². The molecule has 8 nitrogen and oxygen atoms in total. The van der Waals surface area contributed by atoms with Crippen LogP contribution in [0.2, 0.25) is 5.02 Å². The molecule has 1 heterocycles. The van der Waals surface area contributed by atoms with Gasteiger partial charge in [0.1, 0.15) is 17.3 Å². The Bertz CT molecular complexity index is 1400. The zero-order chi connectivity index (χ0) is 27.2. The van der Waals surface area contributed by atoms with Crippen LogP contribution in [0.5, 0.6) is 11.5 Å². The molecule has 0 aliphatic carbocycles. The van der Waals surface area contributed by atoms with Gasteiger partial charge in [-0.05, 0) is 72.7 Å². The molecule has 1 saturated heterocycles. The molecule has 3 aromatic carbocycles. The third-order valence-corrected chi connectivity index (χ3v) is 5.62. The van der Waals surface area contributed by atoms with Crippen LogP contribution in [-0.2, 0) is 16.1 Å². The Labute approximate surface area is 221 Å². The number of imide groups is 1. The van der Waals surface area contributed by atoms with Crippen molar-refractivity contribution in [1.82, 2.24) is 10.2 Å². The zero-order valence-corrected chi connectivity index (χ0v) is 20.9. The summed E-state index contributed by atoms with van der Waals surface area (Å²) in [6.45, 7) is 1.58. The molecule has 0 radical (unpaired) electrons. The fourth-order valence-electron chi connectivity index (χ4n) is 3.60. The number of hydrogen-bond donors (Lipinski definition) is 2. The molecule has 1 aliphatic heterocycles. The first-order valence-corrected chi connectivity index (χ1v) is 11.8. The molecule has 0 bridgehead atoms. The maximum Gasteiger partial charge on any atom is 0.329 e. The lowest BCUT2D eigenvalue weighted by Crippen LogP contribution is -2.30. The molecule has 4 amide bonds. The second kappa shape index (κ2) is 11.7. The molecule has 0 aromatic heterocycles. The summed E-state index contributed by atoms with van der Waals surface area (Å²) in [5.74, 6) is -1.57. The van der Waals surface area contributed by atoms with E-state index in [2.05, 4.69) is 10.6 Å². The third-order valence-electron chi connectivity index (χ3n) is 5.33. The molecular formula is C27H22ClF2N3O5. The van der Waals surface area contributed by atoms with Crippen molar-refractivity contribution < 1.29 is 32.6 Å². The Kier molecular flexibility index (Phi) is 8.22. The van der Waals surface area contributed by atoms with Crippen molar-refractivity contribution >= 4 is 41.2 Å². The number of anilines is 1. The molecular weight excluding hydrogens is 520 g/mol. The Morgan fingerprint density at radius 3 is 2.34 bits per heavy atom. The number of nitrogens with zero attached hydrogens (tertiary/aromatic N) is 1. The average Bonchev–Trinajstić information content (AvgIpc) is 3.13. The van der Waals surface area contributed by atoms with Crippen molar-refractivity contribution in [3.8, 4) is 11.5 Å². The summed E-state index contributed by atoms with van der Waals surface area (Å²) in [6, 6.07) is 13.2. The average molecular weight is 542 g/mol. The van der Waals surface area contributed by atoms with Gasteiger partial charge < -0.3 is 20.1 Å². The van der Waals surface area contributed by atoms with Crippen LogP contribution >= 0.6 is 11.6 Å². The number of urea groups is 1. The molecule has 3 aromatic rings. The molecule has 38 heavy (non-hydrogen) atoms. The number of benzene rings is 3. The molecule has 11 heteroatoms. The summed E-state index contributed by atoms with van der Waals surface area (Å²) in [5.41, 5.74) is 1.44. The summed E-state index contributed by atoms with van der Waals surface area (Å²) in [5, 5.41) is 5.21. The third kappa shape index (κ3) is 6.46. The Hall–Kier alpha value is -4.44. The van der Waals surface area contributed by atoms with Crippen LogP contribution in [0.25, 0.3) is 6.08 Å². The van der Waals surface area contributed by atoms with E-state index in [1.807, 2.05) is 0 Å². The fraction of sp³-hybridized carbons (Fsp3) is 0.148. The van der Waals surface area contributed by atoms with Crippen LogP contribution in [0.15, 0.2) is 66.4 Å². The Balaban J connectivity index is 1.48. The van der Waals surface area contributed by atoms with Gasteiger partial charge in [-0.25, -0.2) is 13.6 Å². The minimum Gasteiger partial charge on any atom is -0.490 e. The minimum absolute atomic E-state index is 0.0166. The summed E-state index contributed by atoms with van der Waals surface area (Å²) < 4.78 is 37.4. The SMILES string of the molecule is CCOc1cc(/C=C2/NC(=O)N(Cc3ccc(F)cc3)C2=O)cc(Cl)c1OCC(=O)Nc1ccc(F)cc1. The van der Waals surface area contributed by atoms with Crippen molar-refractivity contribution in [3.05, 3.63) is 94.1 Å². The van der Waals surface area contributed by atoms with Crippen LogP contribution < -0.4 is 20.1 Å². The van der Waals surface area contributed by atoms with Crippen LogP contribution in [0, 0.1) is 11.6 Å². The zero-order valence-electron chi connectivity index (χ0n) is 20.1. The lowest BCUT2D eigenvalue weighted by atomic mass is 10.1. The molecule has 2 N–H and O–H groups in total. The van der Waals surface area contributed by atoms with Gasteiger partial charge in [-0.1, -0.05) is 23.7 Å². The summed E-state index contributed by atoms with van der Waals surface area (Å²) in [7, 11) is 0. The van der Waals surface area contributed by atoms with E-state index in [-0.39, 0.29) is 35.4 Å². The molecule has 4 rings (SSSR count). The van der Waals surface area contributed by atoms with E-state index in [1.165, 1.54) is 60.7 Å². The predicted octanol–water partition coefficient (Wildman–Crippen LogP) is 5.13. The number of amides is 4. The van der Waals surface area contributed by atoms with Crippen LogP contribution in [0.4, 0.5) is 19.3 Å². The summed E-state index contributed by atoms with van der Waals surface area (Å²) in [4.78, 5) is 38.5. The first-order chi connectivity index (χ1) is 18.2. The van der Waals surface area contributed by atoms with Crippen LogP contribution in [-0.4, -0.2) is 36.0 Å². The summed E-state index contributed by atoms with van der Waals surface area (Å²) >= 11 is 6.41. The topological polar surface area (TPSA) is 97.0 Å². The van der Waals surface area contributed by atoms with E-state index in [0.717, 1.165) is 4.90 Å². The highest BCUT2D eigenvalue weighted by molar-refractivity contribution is 6.32. The smallest absolute Gasteiger partial charge is 0.329 e. The van der Waals surface area contributed by atoms with Gasteiger partial charge in [0, 0.05) is 5.69 Å². The number of halogens is 3. The minimum atomic E-state index is -0.617. The van der Waals surface area contributed by atoms with E-state index in [4.69, 9.17) is 21.1 Å². The molecule has 0 unspecified atom stereocenters. The van der Waals surface area contributed by atoms with Gasteiger partial charge in [0.2, 0.25) is 0 Å². The number of carbonyl (C=O) groups is 3. The van der Waals surface area contributed by atoms with E-state index < -0.39 is 36.1 Å². The van der Waals surface area contributed by atoms with Crippen molar-refractivity contribution in [1.29, 1.82) is 0 Å². The normalized spacial score (nSPS) is 14.0. The van der Waals surface area contributed by atoms with Gasteiger partial charge in [-0.3, -0.25) is 14.5 Å². The van der Waals surface area contributed by atoms with Gasteiger partial charge >= 0.3 is 6.03 Å². The second-order valence-corrected chi connectivity index (χ2v) is 8.52. The quantitative estimate of drug-likeness (QED) is 0.289. The standard InChI is InChI=1S/C27H22ClF2N3O5/c1-2-37-23-13-17(11-21(28)25(23)38-15-24(34)31-20-9-7-19(30)8-10-20)12-22-26(35)33(27(36)32-22)14-16-3-5-18(29)6-4-16/h3-13H,2,14-15H2,1H3,(H,31,34)(H,32,36)/b22-12+. The number of hydrogen-bond acceptors (Lipinski definition) is 5. The predicted molar refractivity (Wildman–Crippen MR) is 137 cm³/mol. The maximum absolute atomic E-state index is 13.2. The van der Waals surface area contributed by atoms with Crippen molar-refractivity contribution in [2.75, 3.05) is 18.5 Å². The van der Waals surface area contributed by atoms with Gasteiger partial charge in [0.15, 0.2) is 18.1 Å². The largest absolute Gasteiger partial charge is 0.490 e. The number of ether oxygens (including phenoxy) is 2. The Morgan fingerprint density at radius 1 is 1.03 bits per heavy atom. The molecule has 0 saturated carbocycles. The van der Waals surface area contributed by atoms with E-state index in [1.54, 1.807) is 13.0 Å². The number of rotatable bonds is 9. The molecule has 196 valence electrons. The monoisotopic (exact) mass is 541 g/mol. The number of nitrogens with one attached hydrogen (secondary N) is 2. The van der Waals surface area contributed by atoms with Crippen molar-refractivity contribution in [2.45, 2.75) is 13.5 Å². The first kappa shape index (κ1) is 26.6. The highest BCUT2D eigenvalue weighted by Crippen LogP contribution is 2.37. The highest BCUT2D eigenvalue weighted by Gasteiger charge is 2.33. The van der Waals surface area contributed by atoms with E-state index in [9.17, 15) is 23.2 Å². The first-order valence-electron chi connectivity index (χ1n) is 11.5. The van der Waals surface area contributed by atoms with Crippen LogP contribution in [0.3, 0.4) is 0 Å². The molecule has 1 aliphatic rings. The lowest BCUT2D eigenvalue weighted by Gasteiger charge is -2.15. The lowest BCUT2D eigenvalue weighted by molar-refractivity contribution is -0.123. The second-order valence-electron chi connectivity index (χ2n) is 8.11. The molecule has 1 fully saturated rings. The summed E-state index contributed by atoms with van der Waals surface area (Å²) in [6.07, 6.45) is 1.43. The maximum atomic E-state index is 13.2. The molecule has 0 spiro atoms. The van der Waals surface area contributed by atoms with Crippen LogP contribution in [0.1, 0.15) is 18.1 Å². The molecule has 0 atom stereocenters.